The molecule has 1 aromatic rings. The van der Waals surface area contributed by atoms with Gasteiger partial charge in [0, 0.05) is 32.2 Å². The van der Waals surface area contributed by atoms with Gasteiger partial charge in [-0.2, -0.15) is 0 Å². The number of likely N-dealkylation sites (tertiary alicyclic amines) is 1. The van der Waals surface area contributed by atoms with Gasteiger partial charge in [0.15, 0.2) is 0 Å². The summed E-state index contributed by atoms with van der Waals surface area (Å²) in [4.78, 5) is 16.6. The number of carbonyl (C=O) groups excluding carboxylic acids is 1. The van der Waals surface area contributed by atoms with Crippen LogP contribution in [0.15, 0.2) is 30.3 Å². The second-order valence-corrected chi connectivity index (χ2v) is 6.93. The SMILES string of the molecule is CCN(C(=O)OC(C)(C)C)[C@H]1CCN(Cc2ccccc2)C1. The van der Waals surface area contributed by atoms with E-state index in [2.05, 4.69) is 29.2 Å². The number of hydrogen-bond donors (Lipinski definition) is 0. The summed E-state index contributed by atoms with van der Waals surface area (Å²) in [5, 5.41) is 0. The molecule has 1 amide bonds. The normalized spacial score (nSPS) is 19.2. The minimum absolute atomic E-state index is 0.193. The van der Waals surface area contributed by atoms with Gasteiger partial charge in [-0.3, -0.25) is 4.90 Å². The molecule has 2 rings (SSSR count). The highest BCUT2D eigenvalue weighted by Gasteiger charge is 2.32. The smallest absolute Gasteiger partial charge is 0.410 e. The molecule has 0 bridgehead atoms. The molecule has 1 fully saturated rings. The number of benzene rings is 1. The van der Waals surface area contributed by atoms with E-state index in [4.69, 9.17) is 4.74 Å². The Kier molecular flexibility index (Phi) is 5.46. The largest absolute Gasteiger partial charge is 0.444 e. The molecular formula is C18H28N2O2. The van der Waals surface area contributed by atoms with E-state index >= 15 is 0 Å². The molecular weight excluding hydrogens is 276 g/mol. The Bertz CT molecular complexity index is 482. The maximum atomic E-state index is 12.3. The number of amides is 1. The number of nitrogens with zero attached hydrogens (tertiary/aromatic N) is 2. The highest BCUT2D eigenvalue weighted by atomic mass is 16.6. The summed E-state index contributed by atoms with van der Waals surface area (Å²) in [6, 6.07) is 10.7. The number of likely N-dealkylation sites (N-methyl/N-ethyl adjacent to an activating group) is 1. The molecule has 1 saturated heterocycles. The molecule has 1 heterocycles. The standard InChI is InChI=1S/C18H28N2O2/c1-5-20(17(21)22-18(2,3)4)16-11-12-19(14-16)13-15-9-7-6-8-10-15/h6-10,16H,5,11-14H2,1-4H3/t16-/m0/s1. The van der Waals surface area contributed by atoms with Crippen LogP contribution in [0.5, 0.6) is 0 Å². The van der Waals surface area contributed by atoms with Crippen molar-refractivity contribution >= 4 is 6.09 Å². The summed E-state index contributed by atoms with van der Waals surface area (Å²) in [7, 11) is 0. The van der Waals surface area contributed by atoms with Crippen molar-refractivity contribution in [2.45, 2.75) is 52.3 Å². The molecule has 4 nitrogen and oxygen atoms in total. The Morgan fingerprint density at radius 1 is 1.32 bits per heavy atom. The average molecular weight is 304 g/mol. The van der Waals surface area contributed by atoms with Gasteiger partial charge in [0.25, 0.3) is 0 Å². The molecule has 1 atom stereocenters. The van der Waals surface area contributed by atoms with Crippen LogP contribution in [0.2, 0.25) is 0 Å². The second-order valence-electron chi connectivity index (χ2n) is 6.93. The zero-order chi connectivity index (χ0) is 16.2. The summed E-state index contributed by atoms with van der Waals surface area (Å²) in [5.74, 6) is 0. The molecule has 0 radical (unpaired) electrons. The van der Waals surface area contributed by atoms with E-state index in [0.29, 0.717) is 6.54 Å². The Hall–Kier alpha value is -1.55. The van der Waals surface area contributed by atoms with Crippen molar-refractivity contribution in [2.24, 2.45) is 0 Å². The van der Waals surface area contributed by atoms with Crippen molar-refractivity contribution in [3.05, 3.63) is 35.9 Å². The molecule has 1 aliphatic rings. The predicted octanol–water partition coefficient (Wildman–Crippen LogP) is 3.52. The fourth-order valence-corrected chi connectivity index (χ4v) is 2.91. The number of ether oxygens (including phenoxy) is 1. The lowest BCUT2D eigenvalue weighted by Crippen LogP contribution is -2.44. The van der Waals surface area contributed by atoms with Gasteiger partial charge in [0.2, 0.25) is 0 Å². The van der Waals surface area contributed by atoms with Crippen molar-refractivity contribution < 1.29 is 9.53 Å². The van der Waals surface area contributed by atoms with Crippen LogP contribution in [0, 0.1) is 0 Å². The van der Waals surface area contributed by atoms with Gasteiger partial charge in [0.05, 0.1) is 0 Å². The molecule has 1 aliphatic heterocycles. The Balaban J connectivity index is 1.91. The molecule has 122 valence electrons. The molecule has 22 heavy (non-hydrogen) atoms. The first-order valence-corrected chi connectivity index (χ1v) is 8.15. The third-order valence-electron chi connectivity index (χ3n) is 3.91. The molecule has 1 aromatic carbocycles. The van der Waals surface area contributed by atoms with Crippen LogP contribution in [0.4, 0.5) is 4.79 Å². The molecule has 0 spiro atoms. The molecule has 0 aliphatic carbocycles. The first kappa shape index (κ1) is 16.8. The van der Waals surface area contributed by atoms with Crippen molar-refractivity contribution in [3.8, 4) is 0 Å². The van der Waals surface area contributed by atoms with E-state index in [1.54, 1.807) is 0 Å². The minimum Gasteiger partial charge on any atom is -0.444 e. The third-order valence-corrected chi connectivity index (χ3v) is 3.91. The molecule has 0 aromatic heterocycles. The topological polar surface area (TPSA) is 32.8 Å². The molecule has 0 N–H and O–H groups in total. The summed E-state index contributed by atoms with van der Waals surface area (Å²) in [6.45, 7) is 11.3. The quantitative estimate of drug-likeness (QED) is 0.853. The van der Waals surface area contributed by atoms with Crippen LogP contribution in [-0.2, 0) is 11.3 Å². The van der Waals surface area contributed by atoms with Crippen molar-refractivity contribution in [1.82, 2.24) is 9.80 Å². The number of rotatable bonds is 4. The first-order chi connectivity index (χ1) is 10.4. The summed E-state index contributed by atoms with van der Waals surface area (Å²) in [5.41, 5.74) is 0.885. The Morgan fingerprint density at radius 3 is 2.59 bits per heavy atom. The van der Waals surface area contributed by atoms with E-state index in [9.17, 15) is 4.79 Å². The van der Waals surface area contributed by atoms with Crippen LogP contribution >= 0.6 is 0 Å². The molecule has 4 heteroatoms. The van der Waals surface area contributed by atoms with E-state index in [1.807, 2.05) is 38.7 Å². The summed E-state index contributed by atoms with van der Waals surface area (Å²) >= 11 is 0. The van der Waals surface area contributed by atoms with Crippen LogP contribution in [0.25, 0.3) is 0 Å². The van der Waals surface area contributed by atoms with E-state index in [0.717, 1.165) is 26.1 Å². The Morgan fingerprint density at radius 2 is 2.00 bits per heavy atom. The monoisotopic (exact) mass is 304 g/mol. The summed E-state index contributed by atoms with van der Waals surface area (Å²) < 4.78 is 5.53. The van der Waals surface area contributed by atoms with Crippen molar-refractivity contribution in [2.75, 3.05) is 19.6 Å². The van der Waals surface area contributed by atoms with Crippen LogP contribution in [0.3, 0.4) is 0 Å². The zero-order valence-electron chi connectivity index (χ0n) is 14.2. The maximum absolute atomic E-state index is 12.3. The summed E-state index contributed by atoms with van der Waals surface area (Å²) in [6.07, 6.45) is 0.821. The average Bonchev–Trinajstić information content (AvgIpc) is 2.87. The van der Waals surface area contributed by atoms with Crippen molar-refractivity contribution in [3.63, 3.8) is 0 Å². The lowest BCUT2D eigenvalue weighted by Gasteiger charge is -2.30. The predicted molar refractivity (Wildman–Crippen MR) is 88.7 cm³/mol. The molecule has 0 unspecified atom stereocenters. The maximum Gasteiger partial charge on any atom is 0.410 e. The fourth-order valence-electron chi connectivity index (χ4n) is 2.91. The van der Waals surface area contributed by atoms with Crippen molar-refractivity contribution in [1.29, 1.82) is 0 Å². The van der Waals surface area contributed by atoms with E-state index < -0.39 is 5.60 Å². The van der Waals surface area contributed by atoms with Gasteiger partial charge in [-0.1, -0.05) is 30.3 Å². The fraction of sp³-hybridized carbons (Fsp3) is 0.611. The van der Waals surface area contributed by atoms with Gasteiger partial charge < -0.3 is 9.64 Å². The first-order valence-electron chi connectivity index (χ1n) is 8.15. The minimum atomic E-state index is -0.438. The van der Waals surface area contributed by atoms with Gasteiger partial charge in [0.1, 0.15) is 5.60 Å². The van der Waals surface area contributed by atoms with Gasteiger partial charge >= 0.3 is 6.09 Å². The van der Waals surface area contributed by atoms with Crippen LogP contribution < -0.4 is 0 Å². The Labute approximate surface area is 134 Å². The third kappa shape index (κ3) is 4.73. The highest BCUT2D eigenvalue weighted by molar-refractivity contribution is 5.68. The number of carbonyl (C=O) groups is 1. The zero-order valence-corrected chi connectivity index (χ0v) is 14.2. The van der Waals surface area contributed by atoms with E-state index in [-0.39, 0.29) is 12.1 Å². The van der Waals surface area contributed by atoms with Gasteiger partial charge in [-0.25, -0.2) is 4.79 Å². The second kappa shape index (κ2) is 7.14. The highest BCUT2D eigenvalue weighted by Crippen LogP contribution is 2.20. The van der Waals surface area contributed by atoms with Gasteiger partial charge in [-0.15, -0.1) is 0 Å². The van der Waals surface area contributed by atoms with Crippen LogP contribution in [-0.4, -0.2) is 47.2 Å². The van der Waals surface area contributed by atoms with Crippen LogP contribution in [0.1, 0.15) is 39.7 Å². The molecule has 0 saturated carbocycles. The lowest BCUT2D eigenvalue weighted by molar-refractivity contribution is 0.0180. The van der Waals surface area contributed by atoms with Gasteiger partial charge in [-0.05, 0) is 39.7 Å². The number of hydrogen-bond acceptors (Lipinski definition) is 3. The van der Waals surface area contributed by atoms with E-state index in [1.165, 1.54) is 5.56 Å². The lowest BCUT2D eigenvalue weighted by atomic mass is 10.2.